The zero-order valence-electron chi connectivity index (χ0n) is 20.3. The van der Waals surface area contributed by atoms with Gasteiger partial charge >= 0.3 is 6.03 Å². The number of aromatic nitrogens is 2. The summed E-state index contributed by atoms with van der Waals surface area (Å²) in [6.45, 7) is 6.42. The molecule has 0 bridgehead atoms. The molecule has 3 aromatic rings. The molecule has 0 unspecified atom stereocenters. The predicted molar refractivity (Wildman–Crippen MR) is 135 cm³/mol. The molecular weight excluding hydrogens is 442 g/mol. The molecule has 0 saturated carbocycles. The first kappa shape index (κ1) is 24.3. The van der Waals surface area contributed by atoms with Crippen molar-refractivity contribution in [2.45, 2.75) is 45.8 Å². The number of urea groups is 1. The zero-order chi connectivity index (χ0) is 24.9. The van der Waals surface area contributed by atoms with Gasteiger partial charge in [-0.1, -0.05) is 24.3 Å². The molecule has 3 heterocycles. The van der Waals surface area contributed by atoms with Crippen molar-refractivity contribution in [3.8, 4) is 22.4 Å². The molecule has 0 aliphatic carbocycles. The Balaban J connectivity index is 1.86. The molecule has 8 heteroatoms. The Morgan fingerprint density at radius 2 is 1.91 bits per heavy atom. The molecule has 4 rings (SSSR count). The van der Waals surface area contributed by atoms with Crippen LogP contribution >= 0.6 is 0 Å². The average molecular weight is 474 g/mol. The van der Waals surface area contributed by atoms with Gasteiger partial charge in [-0.05, 0) is 56.5 Å². The Hall–Kier alpha value is -3.78. The molecule has 0 fully saturated rings. The smallest absolute Gasteiger partial charge is 0.318 e. The van der Waals surface area contributed by atoms with Crippen molar-refractivity contribution in [2.24, 2.45) is 0 Å². The summed E-state index contributed by atoms with van der Waals surface area (Å²) < 4.78 is 0. The molecule has 0 radical (unpaired) electrons. The minimum absolute atomic E-state index is 0.0272. The van der Waals surface area contributed by atoms with Crippen molar-refractivity contribution in [1.82, 2.24) is 25.5 Å². The fourth-order valence-corrected chi connectivity index (χ4v) is 4.49. The fraction of sp³-hybridized carbons (Fsp3) is 0.333. The second-order valence-electron chi connectivity index (χ2n) is 8.87. The number of hydrogen-bond donors (Lipinski definition) is 3. The minimum atomic E-state index is -0.360. The third kappa shape index (κ3) is 5.17. The normalized spacial score (nSPS) is 14.7. The summed E-state index contributed by atoms with van der Waals surface area (Å²) in [5, 5.41) is 15.6. The van der Waals surface area contributed by atoms with Crippen molar-refractivity contribution >= 4 is 11.9 Å². The van der Waals surface area contributed by atoms with Crippen molar-refractivity contribution in [1.29, 1.82) is 0 Å². The monoisotopic (exact) mass is 473 g/mol. The fourth-order valence-electron chi connectivity index (χ4n) is 4.49. The number of amides is 3. The van der Waals surface area contributed by atoms with E-state index in [1.54, 1.807) is 23.4 Å². The van der Waals surface area contributed by atoms with Crippen LogP contribution in [0.1, 0.15) is 54.8 Å². The van der Waals surface area contributed by atoms with Crippen LogP contribution in [-0.4, -0.2) is 51.1 Å². The van der Waals surface area contributed by atoms with E-state index in [2.05, 4.69) is 15.6 Å². The number of benzene rings is 1. The summed E-state index contributed by atoms with van der Waals surface area (Å²) in [6.07, 6.45) is 3.90. The van der Waals surface area contributed by atoms with Crippen LogP contribution in [-0.2, 0) is 6.54 Å². The number of aliphatic hydroxyl groups is 1. The number of pyridine rings is 2. The van der Waals surface area contributed by atoms with E-state index in [1.165, 1.54) is 0 Å². The third-order valence-electron chi connectivity index (χ3n) is 5.97. The van der Waals surface area contributed by atoms with E-state index in [0.717, 1.165) is 27.8 Å². The van der Waals surface area contributed by atoms with E-state index in [4.69, 9.17) is 4.98 Å². The Labute approximate surface area is 205 Å². The Morgan fingerprint density at radius 1 is 1.14 bits per heavy atom. The van der Waals surface area contributed by atoms with Crippen LogP contribution in [0.4, 0.5) is 4.79 Å². The molecule has 1 aliphatic heterocycles. The highest BCUT2D eigenvalue weighted by Crippen LogP contribution is 2.42. The first-order valence-corrected chi connectivity index (χ1v) is 11.9. The van der Waals surface area contributed by atoms with Crippen LogP contribution in [0.15, 0.2) is 54.9 Å². The number of carbonyl (C=O) groups is 2. The van der Waals surface area contributed by atoms with Gasteiger partial charge in [-0.25, -0.2) is 9.78 Å². The van der Waals surface area contributed by atoms with Gasteiger partial charge in [-0.3, -0.25) is 9.78 Å². The lowest BCUT2D eigenvalue weighted by Gasteiger charge is -2.26. The summed E-state index contributed by atoms with van der Waals surface area (Å²) in [6, 6.07) is 13.0. The second-order valence-corrected chi connectivity index (χ2v) is 8.87. The summed E-state index contributed by atoms with van der Waals surface area (Å²) in [7, 11) is 0. The van der Waals surface area contributed by atoms with Crippen molar-refractivity contribution < 1.29 is 14.7 Å². The largest absolute Gasteiger partial charge is 0.396 e. The highest BCUT2D eigenvalue weighted by molar-refractivity contribution is 5.93. The Bertz CT molecular complexity index is 1210. The number of aliphatic hydroxyl groups excluding tert-OH is 1. The molecular formula is C27H31N5O3. The van der Waals surface area contributed by atoms with E-state index in [-0.39, 0.29) is 30.6 Å². The molecule has 8 nitrogen and oxygen atoms in total. The third-order valence-corrected chi connectivity index (χ3v) is 5.97. The molecule has 0 saturated heterocycles. The first-order chi connectivity index (χ1) is 16.9. The minimum Gasteiger partial charge on any atom is -0.396 e. The highest BCUT2D eigenvalue weighted by atomic mass is 16.3. The van der Waals surface area contributed by atoms with Gasteiger partial charge in [0.25, 0.3) is 5.91 Å². The number of nitrogens with zero attached hydrogens (tertiary/aromatic N) is 3. The molecule has 3 N–H and O–H groups in total. The Kier molecular flexibility index (Phi) is 7.41. The van der Waals surface area contributed by atoms with Gasteiger partial charge in [0.15, 0.2) is 0 Å². The van der Waals surface area contributed by atoms with Crippen LogP contribution in [0.2, 0.25) is 0 Å². The molecule has 1 aromatic carbocycles. The molecule has 1 atom stereocenters. The molecule has 1 aliphatic rings. The maximum atomic E-state index is 13.0. The summed E-state index contributed by atoms with van der Waals surface area (Å²) in [5.74, 6) is -0.260. The second kappa shape index (κ2) is 10.7. The van der Waals surface area contributed by atoms with Crippen LogP contribution in [0.3, 0.4) is 0 Å². The molecule has 0 spiro atoms. The van der Waals surface area contributed by atoms with E-state index >= 15 is 0 Å². The number of nitrogens with one attached hydrogen (secondary N) is 2. The van der Waals surface area contributed by atoms with Gasteiger partial charge in [0.1, 0.15) is 5.69 Å². The zero-order valence-corrected chi connectivity index (χ0v) is 20.3. The number of fused-ring (bicyclic) bond motifs is 1. The van der Waals surface area contributed by atoms with Gasteiger partial charge in [0.2, 0.25) is 0 Å². The topological polar surface area (TPSA) is 107 Å². The quantitative estimate of drug-likeness (QED) is 0.482. The van der Waals surface area contributed by atoms with E-state index in [1.807, 2.05) is 57.2 Å². The maximum absolute atomic E-state index is 13.0. The van der Waals surface area contributed by atoms with Crippen LogP contribution in [0.25, 0.3) is 22.4 Å². The number of rotatable bonds is 7. The molecule has 3 amide bonds. The first-order valence-electron chi connectivity index (χ1n) is 11.9. The van der Waals surface area contributed by atoms with E-state index < -0.39 is 0 Å². The van der Waals surface area contributed by atoms with Gasteiger partial charge in [0.05, 0.1) is 11.7 Å². The summed E-state index contributed by atoms with van der Waals surface area (Å²) in [4.78, 5) is 36.5. The van der Waals surface area contributed by atoms with Crippen LogP contribution < -0.4 is 10.6 Å². The van der Waals surface area contributed by atoms with Crippen LogP contribution in [0, 0.1) is 0 Å². The van der Waals surface area contributed by atoms with E-state index in [9.17, 15) is 14.7 Å². The number of hydrogen-bond acceptors (Lipinski definition) is 5. The maximum Gasteiger partial charge on any atom is 0.318 e. The van der Waals surface area contributed by atoms with Crippen molar-refractivity contribution in [3.63, 3.8) is 0 Å². The molecule has 35 heavy (non-hydrogen) atoms. The average Bonchev–Trinajstić information content (AvgIpc) is 3.23. The predicted octanol–water partition coefficient (Wildman–Crippen LogP) is 3.92. The SMILES string of the molecule is CCNC(=O)c1cc2c(c(-c3cccc(-c4cccnc4)c3)n1)[C@@H](CCO)N(C(=O)NC(C)C)C2. The lowest BCUT2D eigenvalue weighted by Crippen LogP contribution is -2.42. The molecule has 182 valence electrons. The highest BCUT2D eigenvalue weighted by Gasteiger charge is 2.37. The number of carbonyl (C=O) groups excluding carboxylic acids is 2. The Morgan fingerprint density at radius 3 is 2.60 bits per heavy atom. The van der Waals surface area contributed by atoms with Crippen LogP contribution in [0.5, 0.6) is 0 Å². The van der Waals surface area contributed by atoms with Gasteiger partial charge in [0, 0.05) is 54.8 Å². The summed E-state index contributed by atoms with van der Waals surface area (Å²) >= 11 is 0. The van der Waals surface area contributed by atoms with Crippen molar-refractivity contribution in [2.75, 3.05) is 13.2 Å². The lowest BCUT2D eigenvalue weighted by atomic mass is 9.94. The van der Waals surface area contributed by atoms with Crippen molar-refractivity contribution in [3.05, 3.63) is 71.7 Å². The van der Waals surface area contributed by atoms with Gasteiger partial charge in [-0.2, -0.15) is 0 Å². The van der Waals surface area contributed by atoms with Gasteiger partial charge < -0.3 is 20.6 Å². The van der Waals surface area contributed by atoms with E-state index in [0.29, 0.717) is 30.9 Å². The standard InChI is InChI=1S/C27H31N5O3/c1-4-29-26(34)22-14-21-16-32(27(35)30-17(2)3)23(10-12-33)24(21)25(31-22)19-8-5-7-18(13-19)20-9-6-11-28-15-20/h5-9,11,13-15,17,23,33H,4,10,12,16H2,1-3H3,(H,29,34)(H,30,35)/t23-/m1/s1. The molecule has 2 aromatic heterocycles. The lowest BCUT2D eigenvalue weighted by molar-refractivity contribution is 0.0950. The van der Waals surface area contributed by atoms with Gasteiger partial charge in [-0.15, -0.1) is 0 Å². The summed E-state index contributed by atoms with van der Waals surface area (Å²) in [5.41, 5.74) is 5.46.